The number of halogens is 1. The molecule has 4 nitrogen and oxygen atoms in total. The lowest BCUT2D eigenvalue weighted by Crippen LogP contribution is -2.07. The van der Waals surface area contributed by atoms with Crippen LogP contribution in [0.15, 0.2) is 23.1 Å². The average molecular weight is 279 g/mol. The summed E-state index contributed by atoms with van der Waals surface area (Å²) >= 11 is 5.49. The molecule has 0 fully saturated rings. The van der Waals surface area contributed by atoms with Crippen LogP contribution in [0.25, 0.3) is 0 Å². The Hall–Kier alpha value is -0.940. The number of methoxy groups -OCH3 is 2. The third-order valence-electron chi connectivity index (χ3n) is 2.26. The van der Waals surface area contributed by atoms with E-state index >= 15 is 0 Å². The quantitative estimate of drug-likeness (QED) is 0.748. The van der Waals surface area contributed by atoms with Crippen LogP contribution in [0.2, 0.25) is 0 Å². The van der Waals surface area contributed by atoms with E-state index in [1.807, 2.05) is 0 Å². The molecule has 1 aromatic carbocycles. The largest absolute Gasteiger partial charge is 0.493 e. The number of ether oxygens (including phenoxy) is 2. The molecular formula is C11H15ClO4S. The van der Waals surface area contributed by atoms with Crippen LogP contribution in [-0.2, 0) is 9.84 Å². The Labute approximate surface area is 106 Å². The topological polar surface area (TPSA) is 52.6 Å². The van der Waals surface area contributed by atoms with Gasteiger partial charge in [0, 0.05) is 11.9 Å². The molecule has 0 aliphatic heterocycles. The van der Waals surface area contributed by atoms with Crippen LogP contribution < -0.4 is 9.47 Å². The second-order valence-corrected chi connectivity index (χ2v) is 5.87. The van der Waals surface area contributed by atoms with Crippen molar-refractivity contribution >= 4 is 21.4 Å². The van der Waals surface area contributed by atoms with Crippen molar-refractivity contribution in [2.45, 2.75) is 11.3 Å². The number of benzene rings is 1. The highest BCUT2D eigenvalue weighted by Gasteiger charge is 2.16. The van der Waals surface area contributed by atoms with E-state index in [1.165, 1.54) is 26.4 Å². The van der Waals surface area contributed by atoms with Crippen LogP contribution in [-0.4, -0.2) is 34.3 Å². The summed E-state index contributed by atoms with van der Waals surface area (Å²) in [6.45, 7) is 0. The minimum absolute atomic E-state index is 0.0337. The minimum Gasteiger partial charge on any atom is -0.493 e. The number of alkyl halides is 1. The standard InChI is InChI=1S/C11H15ClO4S/c1-15-10-5-4-9(8-11(10)16-2)17(13,14)7-3-6-12/h4-5,8H,3,6-7H2,1-2H3. The zero-order valence-electron chi connectivity index (χ0n) is 9.77. The molecule has 0 saturated carbocycles. The summed E-state index contributed by atoms with van der Waals surface area (Å²) < 4.78 is 33.9. The highest BCUT2D eigenvalue weighted by Crippen LogP contribution is 2.29. The molecule has 96 valence electrons. The van der Waals surface area contributed by atoms with Crippen LogP contribution in [0.1, 0.15) is 6.42 Å². The fourth-order valence-corrected chi connectivity index (χ4v) is 2.99. The first-order valence-electron chi connectivity index (χ1n) is 5.06. The lowest BCUT2D eigenvalue weighted by molar-refractivity contribution is 0.354. The van der Waals surface area contributed by atoms with Crippen molar-refractivity contribution in [3.05, 3.63) is 18.2 Å². The predicted molar refractivity (Wildman–Crippen MR) is 66.9 cm³/mol. The Morgan fingerprint density at radius 3 is 2.35 bits per heavy atom. The van der Waals surface area contributed by atoms with E-state index in [1.54, 1.807) is 6.07 Å². The first-order valence-corrected chi connectivity index (χ1v) is 7.24. The Balaban J connectivity index is 3.07. The van der Waals surface area contributed by atoms with Gasteiger partial charge >= 0.3 is 0 Å². The van der Waals surface area contributed by atoms with Gasteiger partial charge in [0.05, 0.1) is 24.9 Å². The zero-order valence-corrected chi connectivity index (χ0v) is 11.3. The summed E-state index contributed by atoms with van der Waals surface area (Å²) in [4.78, 5) is 0.222. The first kappa shape index (κ1) is 14.1. The number of rotatable bonds is 6. The molecule has 0 bridgehead atoms. The van der Waals surface area contributed by atoms with Crippen molar-refractivity contribution in [3.63, 3.8) is 0 Å². The molecule has 0 aliphatic carbocycles. The lowest BCUT2D eigenvalue weighted by atomic mass is 10.3. The van der Waals surface area contributed by atoms with Crippen LogP contribution in [0.4, 0.5) is 0 Å². The van der Waals surface area contributed by atoms with E-state index in [0.717, 1.165) is 0 Å². The normalized spacial score (nSPS) is 11.2. The molecule has 0 N–H and O–H groups in total. The molecule has 0 radical (unpaired) electrons. The van der Waals surface area contributed by atoms with Gasteiger partial charge in [-0.15, -0.1) is 11.6 Å². The number of sulfone groups is 1. The summed E-state index contributed by atoms with van der Waals surface area (Å²) in [6.07, 6.45) is 0.429. The first-order chi connectivity index (χ1) is 8.05. The van der Waals surface area contributed by atoms with Gasteiger partial charge in [0.1, 0.15) is 0 Å². The molecule has 0 spiro atoms. The molecular weight excluding hydrogens is 264 g/mol. The highest BCUT2D eigenvalue weighted by molar-refractivity contribution is 7.91. The SMILES string of the molecule is COc1ccc(S(=O)(=O)CCCCl)cc1OC. The van der Waals surface area contributed by atoms with E-state index < -0.39 is 9.84 Å². The van der Waals surface area contributed by atoms with Crippen molar-refractivity contribution in [1.29, 1.82) is 0 Å². The van der Waals surface area contributed by atoms with Gasteiger partial charge in [-0.25, -0.2) is 8.42 Å². The van der Waals surface area contributed by atoms with Crippen LogP contribution >= 0.6 is 11.6 Å². The maximum Gasteiger partial charge on any atom is 0.178 e. The summed E-state index contributed by atoms with van der Waals surface area (Å²) in [5.74, 6) is 1.27. The molecule has 1 aromatic rings. The van der Waals surface area contributed by atoms with Crippen molar-refractivity contribution in [3.8, 4) is 11.5 Å². The van der Waals surface area contributed by atoms with Crippen molar-refractivity contribution < 1.29 is 17.9 Å². The third kappa shape index (κ3) is 3.51. The maximum absolute atomic E-state index is 11.9. The Morgan fingerprint density at radius 1 is 1.18 bits per heavy atom. The van der Waals surface area contributed by atoms with E-state index in [4.69, 9.17) is 21.1 Å². The van der Waals surface area contributed by atoms with Crippen molar-refractivity contribution in [1.82, 2.24) is 0 Å². The summed E-state index contributed by atoms with van der Waals surface area (Å²) in [5.41, 5.74) is 0. The molecule has 6 heteroatoms. The molecule has 17 heavy (non-hydrogen) atoms. The van der Waals surface area contributed by atoms with E-state index in [-0.39, 0.29) is 10.6 Å². The smallest absolute Gasteiger partial charge is 0.178 e. The number of hydrogen-bond acceptors (Lipinski definition) is 4. The molecule has 0 unspecified atom stereocenters. The molecule has 0 amide bonds. The monoisotopic (exact) mass is 278 g/mol. The zero-order chi connectivity index (χ0) is 12.9. The van der Waals surface area contributed by atoms with E-state index in [2.05, 4.69) is 0 Å². The second-order valence-electron chi connectivity index (χ2n) is 3.38. The van der Waals surface area contributed by atoms with Crippen LogP contribution in [0.3, 0.4) is 0 Å². The summed E-state index contributed by atoms with van der Waals surface area (Å²) in [7, 11) is -0.335. The Kier molecular flexibility index (Phi) is 5.08. The molecule has 0 saturated heterocycles. The Bertz CT molecular complexity index is 470. The summed E-state index contributed by atoms with van der Waals surface area (Å²) in [5, 5.41) is 0. The van der Waals surface area contributed by atoms with Crippen LogP contribution in [0.5, 0.6) is 11.5 Å². The van der Waals surface area contributed by atoms with Gasteiger partial charge in [0.2, 0.25) is 0 Å². The van der Waals surface area contributed by atoms with Crippen molar-refractivity contribution in [2.24, 2.45) is 0 Å². The van der Waals surface area contributed by atoms with Crippen LogP contribution in [0, 0.1) is 0 Å². The van der Waals surface area contributed by atoms with Gasteiger partial charge in [-0.2, -0.15) is 0 Å². The molecule has 0 aromatic heterocycles. The fraction of sp³-hybridized carbons (Fsp3) is 0.455. The minimum atomic E-state index is -3.30. The van der Waals surface area contributed by atoms with E-state index in [0.29, 0.717) is 23.8 Å². The van der Waals surface area contributed by atoms with Gasteiger partial charge in [-0.05, 0) is 18.6 Å². The van der Waals surface area contributed by atoms with Crippen molar-refractivity contribution in [2.75, 3.05) is 25.9 Å². The predicted octanol–water partition coefficient (Wildman–Crippen LogP) is 2.11. The molecule has 0 heterocycles. The maximum atomic E-state index is 11.9. The van der Waals surface area contributed by atoms with Gasteiger partial charge in [0.25, 0.3) is 0 Å². The van der Waals surface area contributed by atoms with Gasteiger partial charge < -0.3 is 9.47 Å². The van der Waals surface area contributed by atoms with Gasteiger partial charge in [-0.3, -0.25) is 0 Å². The highest BCUT2D eigenvalue weighted by atomic mass is 35.5. The summed E-state index contributed by atoms with van der Waals surface area (Å²) in [6, 6.07) is 4.54. The third-order valence-corrected chi connectivity index (χ3v) is 4.33. The Morgan fingerprint density at radius 2 is 1.82 bits per heavy atom. The average Bonchev–Trinajstić information content (AvgIpc) is 2.35. The van der Waals surface area contributed by atoms with E-state index in [9.17, 15) is 8.42 Å². The fourth-order valence-electron chi connectivity index (χ4n) is 1.37. The van der Waals surface area contributed by atoms with Gasteiger partial charge in [-0.1, -0.05) is 0 Å². The van der Waals surface area contributed by atoms with Gasteiger partial charge in [0.15, 0.2) is 21.3 Å². The lowest BCUT2D eigenvalue weighted by Gasteiger charge is -2.09. The second kappa shape index (κ2) is 6.12. The molecule has 0 aliphatic rings. The number of hydrogen-bond donors (Lipinski definition) is 0. The molecule has 0 atom stereocenters. The molecule has 1 rings (SSSR count).